The Morgan fingerprint density at radius 1 is 0.778 bits per heavy atom. The molecule has 0 bridgehead atoms. The van der Waals surface area contributed by atoms with E-state index in [0.29, 0.717) is 12.1 Å². The number of para-hydroxylation sites is 1. The van der Waals surface area contributed by atoms with Gasteiger partial charge < -0.3 is 15.3 Å². The van der Waals surface area contributed by atoms with E-state index >= 15 is 0 Å². The van der Waals surface area contributed by atoms with E-state index in [1.165, 1.54) is 0 Å². The molecule has 2 N–H and O–H groups in total. The average molecular weight is 360 g/mol. The molecule has 0 heterocycles. The van der Waals surface area contributed by atoms with Crippen molar-refractivity contribution in [2.45, 2.75) is 6.42 Å². The summed E-state index contributed by atoms with van der Waals surface area (Å²) in [4.78, 5) is 25.1. The molecule has 136 valence electrons. The molecule has 3 aromatic carbocycles. The van der Waals surface area contributed by atoms with Gasteiger partial charge in [-0.2, -0.15) is 0 Å². The van der Waals surface area contributed by atoms with Crippen molar-refractivity contribution in [1.82, 2.24) is 0 Å². The number of benzene rings is 3. The minimum Gasteiger partial charge on any atom is -0.480 e. The smallest absolute Gasteiger partial charge is 0.323 e. The molecule has 0 aromatic heterocycles. The van der Waals surface area contributed by atoms with Crippen molar-refractivity contribution in [2.75, 3.05) is 16.8 Å². The first kappa shape index (κ1) is 18.2. The molecule has 3 rings (SSSR count). The Balaban J connectivity index is 1.71. The second kappa shape index (κ2) is 8.67. The van der Waals surface area contributed by atoms with Crippen LogP contribution in [0.3, 0.4) is 0 Å². The standard InChI is InChI=1S/C22H20N2O3/c25-21(15-17-7-3-1-4-8-17)23-18-11-13-20(14-12-18)24(16-22(26)27)19-9-5-2-6-10-19/h1-14H,15-16H2,(H,23,25)(H,26,27). The highest BCUT2D eigenvalue weighted by Crippen LogP contribution is 2.26. The van der Waals surface area contributed by atoms with Crippen LogP contribution in [0.2, 0.25) is 0 Å². The van der Waals surface area contributed by atoms with Gasteiger partial charge >= 0.3 is 5.97 Å². The molecule has 0 saturated carbocycles. The maximum absolute atomic E-state index is 12.2. The van der Waals surface area contributed by atoms with Gasteiger partial charge in [-0.05, 0) is 42.0 Å². The van der Waals surface area contributed by atoms with Crippen molar-refractivity contribution in [2.24, 2.45) is 0 Å². The third kappa shape index (κ3) is 5.19. The Labute approximate surface area is 157 Å². The van der Waals surface area contributed by atoms with Crippen LogP contribution in [0.4, 0.5) is 17.1 Å². The summed E-state index contributed by atoms with van der Waals surface area (Å²) >= 11 is 0. The van der Waals surface area contributed by atoms with E-state index in [1.807, 2.05) is 60.7 Å². The number of amides is 1. The normalized spacial score (nSPS) is 10.2. The molecule has 0 aliphatic heterocycles. The second-order valence-corrected chi connectivity index (χ2v) is 6.07. The van der Waals surface area contributed by atoms with E-state index in [2.05, 4.69) is 5.32 Å². The largest absolute Gasteiger partial charge is 0.480 e. The second-order valence-electron chi connectivity index (χ2n) is 6.07. The van der Waals surface area contributed by atoms with Crippen molar-refractivity contribution >= 4 is 28.9 Å². The third-order valence-corrected chi connectivity index (χ3v) is 4.03. The third-order valence-electron chi connectivity index (χ3n) is 4.03. The quantitative estimate of drug-likeness (QED) is 0.666. The van der Waals surface area contributed by atoms with Crippen molar-refractivity contribution in [3.8, 4) is 0 Å². The topological polar surface area (TPSA) is 69.6 Å². The van der Waals surface area contributed by atoms with Gasteiger partial charge in [-0.15, -0.1) is 0 Å². The number of hydrogen-bond donors (Lipinski definition) is 2. The van der Waals surface area contributed by atoms with E-state index in [-0.39, 0.29) is 12.5 Å². The van der Waals surface area contributed by atoms with E-state index in [9.17, 15) is 14.7 Å². The number of anilines is 3. The minimum absolute atomic E-state index is 0.0978. The molecule has 0 fully saturated rings. The van der Waals surface area contributed by atoms with Crippen LogP contribution in [0.15, 0.2) is 84.9 Å². The monoisotopic (exact) mass is 360 g/mol. The molecule has 0 atom stereocenters. The first-order valence-electron chi connectivity index (χ1n) is 8.60. The lowest BCUT2D eigenvalue weighted by Gasteiger charge is -2.23. The number of nitrogens with one attached hydrogen (secondary N) is 1. The Morgan fingerprint density at radius 3 is 1.93 bits per heavy atom. The van der Waals surface area contributed by atoms with Gasteiger partial charge in [-0.25, -0.2) is 0 Å². The molecule has 0 aliphatic carbocycles. The summed E-state index contributed by atoms with van der Waals surface area (Å²) < 4.78 is 0. The number of carboxylic acid groups (broad SMARTS) is 1. The van der Waals surface area contributed by atoms with E-state index < -0.39 is 5.97 Å². The van der Waals surface area contributed by atoms with Crippen molar-refractivity contribution < 1.29 is 14.7 Å². The summed E-state index contributed by atoms with van der Waals surface area (Å²) in [7, 11) is 0. The molecule has 3 aromatic rings. The van der Waals surface area contributed by atoms with Crippen LogP contribution < -0.4 is 10.2 Å². The zero-order valence-electron chi connectivity index (χ0n) is 14.7. The highest BCUT2D eigenvalue weighted by molar-refractivity contribution is 5.92. The van der Waals surface area contributed by atoms with Gasteiger partial charge in [0, 0.05) is 17.1 Å². The summed E-state index contributed by atoms with van der Waals surface area (Å²) in [5.74, 6) is -1.02. The maximum Gasteiger partial charge on any atom is 0.323 e. The lowest BCUT2D eigenvalue weighted by atomic mass is 10.1. The molecule has 0 radical (unpaired) electrons. The van der Waals surface area contributed by atoms with Crippen molar-refractivity contribution in [3.63, 3.8) is 0 Å². The summed E-state index contributed by atoms with van der Waals surface area (Å²) in [5, 5.41) is 12.1. The number of rotatable bonds is 7. The van der Waals surface area contributed by atoms with Gasteiger partial charge in [0.25, 0.3) is 0 Å². The van der Waals surface area contributed by atoms with Crippen LogP contribution in [0.25, 0.3) is 0 Å². The molecule has 0 unspecified atom stereocenters. The van der Waals surface area contributed by atoms with Gasteiger partial charge in [0.1, 0.15) is 6.54 Å². The predicted molar refractivity (Wildman–Crippen MR) is 106 cm³/mol. The van der Waals surface area contributed by atoms with Crippen molar-refractivity contribution in [3.05, 3.63) is 90.5 Å². The minimum atomic E-state index is -0.918. The SMILES string of the molecule is O=C(O)CN(c1ccccc1)c1ccc(NC(=O)Cc2ccccc2)cc1. The van der Waals surface area contributed by atoms with E-state index in [0.717, 1.165) is 16.9 Å². The van der Waals surface area contributed by atoms with Crippen LogP contribution in [0.5, 0.6) is 0 Å². The summed E-state index contributed by atoms with van der Waals surface area (Å²) in [6.45, 7) is -0.149. The van der Waals surface area contributed by atoms with Gasteiger partial charge in [0.05, 0.1) is 6.42 Å². The number of carbonyl (C=O) groups excluding carboxylic acids is 1. The number of hydrogen-bond acceptors (Lipinski definition) is 3. The van der Waals surface area contributed by atoms with Crippen LogP contribution >= 0.6 is 0 Å². The van der Waals surface area contributed by atoms with E-state index in [1.54, 1.807) is 29.2 Å². The first-order valence-corrected chi connectivity index (χ1v) is 8.60. The zero-order chi connectivity index (χ0) is 19.1. The Bertz CT molecular complexity index is 894. The predicted octanol–water partition coefficient (Wildman–Crippen LogP) is 4.09. The Hall–Kier alpha value is -3.60. The molecule has 0 spiro atoms. The lowest BCUT2D eigenvalue weighted by molar-refractivity contribution is -0.135. The number of nitrogens with zero attached hydrogens (tertiary/aromatic N) is 1. The highest BCUT2D eigenvalue weighted by atomic mass is 16.4. The molecule has 27 heavy (non-hydrogen) atoms. The molecule has 0 aliphatic rings. The van der Waals surface area contributed by atoms with Gasteiger partial charge in [0.15, 0.2) is 0 Å². The fraction of sp³-hybridized carbons (Fsp3) is 0.0909. The van der Waals surface area contributed by atoms with Crippen LogP contribution in [0, 0.1) is 0 Å². The summed E-state index contributed by atoms with van der Waals surface area (Å²) in [6, 6.07) is 26.0. The highest BCUT2D eigenvalue weighted by Gasteiger charge is 2.13. The molecular weight excluding hydrogens is 340 g/mol. The summed E-state index contributed by atoms with van der Waals surface area (Å²) in [6.07, 6.45) is 0.303. The number of aliphatic carboxylic acids is 1. The van der Waals surface area contributed by atoms with Crippen LogP contribution in [-0.2, 0) is 16.0 Å². The molecule has 5 nitrogen and oxygen atoms in total. The molecular formula is C22H20N2O3. The Morgan fingerprint density at radius 2 is 1.33 bits per heavy atom. The first-order chi connectivity index (χ1) is 13.1. The molecule has 1 amide bonds. The number of carboxylic acids is 1. The van der Waals surface area contributed by atoms with E-state index in [4.69, 9.17) is 0 Å². The van der Waals surface area contributed by atoms with Crippen molar-refractivity contribution in [1.29, 1.82) is 0 Å². The van der Waals surface area contributed by atoms with Gasteiger partial charge in [-0.1, -0.05) is 48.5 Å². The Kier molecular flexibility index (Phi) is 5.84. The average Bonchev–Trinajstić information content (AvgIpc) is 2.68. The lowest BCUT2D eigenvalue weighted by Crippen LogP contribution is -2.24. The maximum atomic E-state index is 12.2. The van der Waals surface area contributed by atoms with Gasteiger partial charge in [-0.3, -0.25) is 9.59 Å². The molecule has 0 saturated heterocycles. The van der Waals surface area contributed by atoms with Crippen LogP contribution in [0.1, 0.15) is 5.56 Å². The summed E-state index contributed by atoms with van der Waals surface area (Å²) in [5.41, 5.74) is 3.15. The van der Waals surface area contributed by atoms with Gasteiger partial charge in [0.2, 0.25) is 5.91 Å². The fourth-order valence-corrected chi connectivity index (χ4v) is 2.79. The number of carbonyl (C=O) groups is 2. The molecule has 5 heteroatoms. The van der Waals surface area contributed by atoms with Crippen LogP contribution in [-0.4, -0.2) is 23.5 Å². The fourth-order valence-electron chi connectivity index (χ4n) is 2.79. The zero-order valence-corrected chi connectivity index (χ0v) is 14.7.